The highest BCUT2D eigenvalue weighted by Crippen LogP contribution is 2.42. The Labute approximate surface area is 164 Å². The summed E-state index contributed by atoms with van der Waals surface area (Å²) in [6.45, 7) is 5.78. The number of H-pyrrole nitrogens is 1. The Morgan fingerprint density at radius 2 is 2.04 bits per heavy atom. The minimum atomic E-state index is -0.422. The molecule has 0 saturated carbocycles. The molecule has 8 heteroatoms. The molecule has 150 valence electrons. The number of piperidine rings is 1. The average Bonchev–Trinajstić information content (AvgIpc) is 3.38. The van der Waals surface area contributed by atoms with Gasteiger partial charge < -0.3 is 19.3 Å². The monoisotopic (exact) mass is 385 g/mol. The maximum Gasteiger partial charge on any atom is 0.276 e. The van der Waals surface area contributed by atoms with Gasteiger partial charge in [-0.25, -0.2) is 4.98 Å². The number of nitrogens with one attached hydrogen (secondary N) is 1. The highest BCUT2D eigenvalue weighted by atomic mass is 16.5. The smallest absolute Gasteiger partial charge is 0.276 e. The summed E-state index contributed by atoms with van der Waals surface area (Å²) in [6, 6.07) is 1.75. The lowest BCUT2D eigenvalue weighted by Crippen LogP contribution is -2.58. The summed E-state index contributed by atoms with van der Waals surface area (Å²) in [5.41, 5.74) is 2.03. The molecule has 1 spiro atoms. The molecule has 0 atom stereocenters. The third-order valence-electron chi connectivity index (χ3n) is 6.02. The van der Waals surface area contributed by atoms with Gasteiger partial charge in [-0.3, -0.25) is 9.59 Å². The maximum atomic E-state index is 12.9. The van der Waals surface area contributed by atoms with Gasteiger partial charge in [0.05, 0.1) is 17.6 Å². The summed E-state index contributed by atoms with van der Waals surface area (Å²) in [6.07, 6.45) is 6.08. The van der Waals surface area contributed by atoms with E-state index >= 15 is 0 Å². The molecule has 1 N–H and O–H groups in total. The van der Waals surface area contributed by atoms with Crippen LogP contribution < -0.4 is 0 Å². The van der Waals surface area contributed by atoms with Gasteiger partial charge in [-0.15, -0.1) is 0 Å². The predicted octanol–water partition coefficient (Wildman–Crippen LogP) is 2.28. The number of carbonyl (C=O) groups is 2. The van der Waals surface area contributed by atoms with E-state index in [0.29, 0.717) is 44.6 Å². The van der Waals surface area contributed by atoms with Gasteiger partial charge in [0.15, 0.2) is 5.69 Å². The highest BCUT2D eigenvalue weighted by molar-refractivity contribution is 5.92. The number of amides is 2. The van der Waals surface area contributed by atoms with Crippen LogP contribution in [-0.2, 0) is 23.2 Å². The van der Waals surface area contributed by atoms with Crippen molar-refractivity contribution in [1.82, 2.24) is 24.9 Å². The molecular weight excluding hydrogens is 358 g/mol. The van der Waals surface area contributed by atoms with Gasteiger partial charge in [0.1, 0.15) is 5.76 Å². The van der Waals surface area contributed by atoms with E-state index in [1.807, 2.05) is 16.7 Å². The molecule has 1 fully saturated rings. The van der Waals surface area contributed by atoms with E-state index in [0.717, 1.165) is 36.4 Å². The number of aryl methyl sites for hydroxylation is 1. The van der Waals surface area contributed by atoms with Gasteiger partial charge in [-0.2, -0.15) is 0 Å². The zero-order valence-electron chi connectivity index (χ0n) is 16.5. The Balaban J connectivity index is 1.54. The van der Waals surface area contributed by atoms with Crippen LogP contribution in [0.25, 0.3) is 0 Å². The van der Waals surface area contributed by atoms with Crippen molar-refractivity contribution in [3.63, 3.8) is 0 Å². The molecule has 4 rings (SSSR count). The Hall–Kier alpha value is -2.64. The number of carbonyl (C=O) groups excluding carboxylic acids is 2. The van der Waals surface area contributed by atoms with E-state index in [1.54, 1.807) is 12.4 Å². The van der Waals surface area contributed by atoms with Crippen LogP contribution in [0.4, 0.5) is 0 Å². The Bertz CT molecular complexity index is 863. The van der Waals surface area contributed by atoms with Gasteiger partial charge in [0.2, 0.25) is 5.91 Å². The van der Waals surface area contributed by atoms with Crippen LogP contribution in [0.15, 0.2) is 16.9 Å². The SMILES string of the molecule is CCCc1cc(C(=O)N2CCC3(CC2)c2nc[nH]c2CCN3C(=O)CC)no1. The van der Waals surface area contributed by atoms with Crippen molar-refractivity contribution in [3.05, 3.63) is 35.2 Å². The summed E-state index contributed by atoms with van der Waals surface area (Å²) in [7, 11) is 0. The van der Waals surface area contributed by atoms with Crippen molar-refractivity contribution in [2.45, 2.75) is 57.9 Å². The highest BCUT2D eigenvalue weighted by Gasteiger charge is 2.48. The summed E-state index contributed by atoms with van der Waals surface area (Å²) in [5, 5.41) is 3.95. The summed E-state index contributed by atoms with van der Waals surface area (Å²) >= 11 is 0. The van der Waals surface area contributed by atoms with Gasteiger partial charge in [-0.1, -0.05) is 19.0 Å². The minimum Gasteiger partial charge on any atom is -0.361 e. The second-order valence-corrected chi connectivity index (χ2v) is 7.63. The molecule has 2 aromatic rings. The fourth-order valence-electron chi connectivity index (χ4n) is 4.56. The summed E-state index contributed by atoms with van der Waals surface area (Å²) in [4.78, 5) is 37.1. The Kier molecular flexibility index (Phi) is 4.95. The number of aromatic nitrogens is 3. The summed E-state index contributed by atoms with van der Waals surface area (Å²) < 4.78 is 5.26. The molecule has 2 amide bonds. The van der Waals surface area contributed by atoms with Gasteiger partial charge in [-0.05, 0) is 19.3 Å². The van der Waals surface area contributed by atoms with Crippen LogP contribution in [-0.4, -0.2) is 56.4 Å². The van der Waals surface area contributed by atoms with E-state index in [1.165, 1.54) is 0 Å². The normalized spacial score (nSPS) is 18.4. The lowest BCUT2D eigenvalue weighted by Gasteiger charge is -2.50. The minimum absolute atomic E-state index is 0.104. The number of imidazole rings is 1. The van der Waals surface area contributed by atoms with Crippen molar-refractivity contribution in [2.24, 2.45) is 0 Å². The van der Waals surface area contributed by atoms with Crippen molar-refractivity contribution < 1.29 is 14.1 Å². The number of hydrogen-bond acceptors (Lipinski definition) is 5. The fourth-order valence-corrected chi connectivity index (χ4v) is 4.56. The first-order valence-electron chi connectivity index (χ1n) is 10.2. The van der Waals surface area contributed by atoms with Crippen molar-refractivity contribution in [1.29, 1.82) is 0 Å². The molecule has 28 heavy (non-hydrogen) atoms. The van der Waals surface area contributed by atoms with Crippen LogP contribution >= 0.6 is 0 Å². The van der Waals surface area contributed by atoms with E-state index in [-0.39, 0.29) is 11.8 Å². The molecule has 0 aromatic carbocycles. The van der Waals surface area contributed by atoms with Gasteiger partial charge in [0, 0.05) is 50.7 Å². The van der Waals surface area contributed by atoms with Gasteiger partial charge >= 0.3 is 0 Å². The fraction of sp³-hybridized carbons (Fsp3) is 0.600. The number of nitrogens with zero attached hydrogens (tertiary/aromatic N) is 4. The predicted molar refractivity (Wildman–Crippen MR) is 102 cm³/mol. The lowest BCUT2D eigenvalue weighted by atomic mass is 9.78. The van der Waals surface area contributed by atoms with Crippen molar-refractivity contribution in [2.75, 3.05) is 19.6 Å². The molecule has 1 saturated heterocycles. The van der Waals surface area contributed by atoms with Crippen LogP contribution in [0, 0.1) is 0 Å². The van der Waals surface area contributed by atoms with E-state index in [9.17, 15) is 9.59 Å². The molecule has 0 bridgehead atoms. The van der Waals surface area contributed by atoms with Gasteiger partial charge in [0.25, 0.3) is 5.91 Å². The third kappa shape index (κ3) is 3.00. The molecule has 0 radical (unpaired) electrons. The van der Waals surface area contributed by atoms with Crippen LogP contribution in [0.2, 0.25) is 0 Å². The topological polar surface area (TPSA) is 95.3 Å². The van der Waals surface area contributed by atoms with E-state index in [4.69, 9.17) is 4.52 Å². The third-order valence-corrected chi connectivity index (χ3v) is 6.02. The van der Waals surface area contributed by atoms with Crippen molar-refractivity contribution >= 4 is 11.8 Å². The molecule has 2 aliphatic rings. The molecule has 2 aromatic heterocycles. The Morgan fingerprint density at radius 3 is 2.75 bits per heavy atom. The Morgan fingerprint density at radius 1 is 1.25 bits per heavy atom. The molecule has 8 nitrogen and oxygen atoms in total. The quantitative estimate of drug-likeness (QED) is 0.871. The van der Waals surface area contributed by atoms with E-state index in [2.05, 4.69) is 22.0 Å². The molecule has 0 aliphatic carbocycles. The molecular formula is C20H27N5O3. The average molecular weight is 385 g/mol. The number of fused-ring (bicyclic) bond motifs is 2. The maximum absolute atomic E-state index is 12.9. The number of likely N-dealkylation sites (tertiary alicyclic amines) is 1. The molecule has 4 heterocycles. The molecule has 2 aliphatic heterocycles. The standard InChI is InChI=1S/C20H27N5O3/c1-3-5-14-12-16(23-28-14)19(27)24-10-7-20(8-11-24)18-15(21-13-22-18)6-9-25(20)17(26)4-2/h12-13H,3-11H2,1-2H3,(H,21,22). The first-order valence-corrected chi connectivity index (χ1v) is 10.2. The van der Waals surface area contributed by atoms with E-state index < -0.39 is 5.54 Å². The number of aromatic amines is 1. The van der Waals surface area contributed by atoms with Crippen LogP contribution in [0.5, 0.6) is 0 Å². The number of hydrogen-bond donors (Lipinski definition) is 1. The zero-order chi connectivity index (χ0) is 19.7. The number of rotatable bonds is 4. The molecule has 0 unspecified atom stereocenters. The first-order chi connectivity index (χ1) is 13.6. The summed E-state index contributed by atoms with van der Waals surface area (Å²) in [5.74, 6) is 0.786. The zero-order valence-corrected chi connectivity index (χ0v) is 16.5. The van der Waals surface area contributed by atoms with Crippen LogP contribution in [0.1, 0.15) is 67.2 Å². The van der Waals surface area contributed by atoms with Crippen molar-refractivity contribution in [3.8, 4) is 0 Å². The second kappa shape index (κ2) is 7.41. The first kappa shape index (κ1) is 18.7. The second-order valence-electron chi connectivity index (χ2n) is 7.63. The van der Waals surface area contributed by atoms with Crippen LogP contribution in [0.3, 0.4) is 0 Å². The lowest BCUT2D eigenvalue weighted by molar-refractivity contribution is -0.141. The largest absolute Gasteiger partial charge is 0.361 e.